The number of para-hydroxylation sites is 1. The number of aromatic amines is 1. The molecular weight excluding hydrogens is 394 g/mol. The summed E-state index contributed by atoms with van der Waals surface area (Å²) in [5, 5.41) is 0.616. The minimum absolute atomic E-state index is 0.0979. The highest BCUT2D eigenvalue weighted by molar-refractivity contribution is 9.10. The molecule has 0 saturated heterocycles. The molecule has 0 aliphatic carbocycles. The second kappa shape index (κ2) is 7.01. The number of hydrogen-bond acceptors (Lipinski definition) is 4. The first-order valence-electron chi connectivity index (χ1n) is 8.46. The number of H-pyrrole nitrogens is 1. The summed E-state index contributed by atoms with van der Waals surface area (Å²) in [7, 11) is 0. The Morgan fingerprint density at radius 3 is 2.81 bits per heavy atom. The van der Waals surface area contributed by atoms with E-state index in [0.717, 1.165) is 27.9 Å². The van der Waals surface area contributed by atoms with Gasteiger partial charge in [-0.15, -0.1) is 0 Å². The molecule has 6 nitrogen and oxygen atoms in total. The lowest BCUT2D eigenvalue weighted by atomic mass is 10.2. The van der Waals surface area contributed by atoms with E-state index < -0.39 is 0 Å². The van der Waals surface area contributed by atoms with Crippen LogP contribution in [-0.2, 0) is 13.1 Å². The van der Waals surface area contributed by atoms with Crippen molar-refractivity contribution >= 4 is 32.5 Å². The fourth-order valence-corrected chi connectivity index (χ4v) is 3.38. The van der Waals surface area contributed by atoms with Crippen LogP contribution in [0, 0.1) is 0 Å². The minimum Gasteiger partial charge on any atom is -0.309 e. The summed E-state index contributed by atoms with van der Waals surface area (Å²) in [4.78, 5) is 26.6. The SMILES string of the molecule is CCN(Cc1cn2cc(Br)ccc2n1)Cc1nc2ccccc2c(=O)[nH]1. The predicted molar refractivity (Wildman–Crippen MR) is 105 cm³/mol. The van der Waals surface area contributed by atoms with Gasteiger partial charge >= 0.3 is 0 Å². The normalized spacial score (nSPS) is 11.7. The van der Waals surface area contributed by atoms with Crippen LogP contribution in [-0.4, -0.2) is 30.8 Å². The van der Waals surface area contributed by atoms with Crippen LogP contribution < -0.4 is 5.56 Å². The van der Waals surface area contributed by atoms with E-state index in [2.05, 4.69) is 42.7 Å². The van der Waals surface area contributed by atoms with E-state index in [1.165, 1.54) is 0 Å². The molecule has 1 N–H and O–H groups in total. The van der Waals surface area contributed by atoms with Crippen molar-refractivity contribution in [1.29, 1.82) is 0 Å². The van der Waals surface area contributed by atoms with E-state index in [9.17, 15) is 4.79 Å². The molecule has 0 fully saturated rings. The molecule has 0 amide bonds. The Labute approximate surface area is 158 Å². The number of nitrogens with one attached hydrogen (secondary N) is 1. The van der Waals surface area contributed by atoms with E-state index in [4.69, 9.17) is 0 Å². The van der Waals surface area contributed by atoms with E-state index in [1.54, 1.807) is 6.07 Å². The maximum atomic E-state index is 12.2. The molecule has 0 unspecified atom stereocenters. The Morgan fingerprint density at radius 1 is 1.12 bits per heavy atom. The monoisotopic (exact) mass is 411 g/mol. The first-order valence-corrected chi connectivity index (χ1v) is 9.25. The van der Waals surface area contributed by atoms with Gasteiger partial charge in [-0.2, -0.15) is 0 Å². The van der Waals surface area contributed by atoms with E-state index >= 15 is 0 Å². The number of rotatable bonds is 5. The largest absolute Gasteiger partial charge is 0.309 e. The summed E-state index contributed by atoms with van der Waals surface area (Å²) in [5.74, 6) is 0.669. The van der Waals surface area contributed by atoms with E-state index in [0.29, 0.717) is 24.3 Å². The van der Waals surface area contributed by atoms with Crippen LogP contribution in [0.2, 0.25) is 0 Å². The molecule has 132 valence electrons. The molecule has 0 atom stereocenters. The van der Waals surface area contributed by atoms with Gasteiger partial charge in [-0.25, -0.2) is 9.97 Å². The van der Waals surface area contributed by atoms with Crippen molar-refractivity contribution in [3.05, 3.63) is 75.1 Å². The van der Waals surface area contributed by atoms with Crippen LogP contribution in [0.3, 0.4) is 0 Å². The molecule has 3 aromatic heterocycles. The number of halogens is 1. The quantitative estimate of drug-likeness (QED) is 0.546. The maximum Gasteiger partial charge on any atom is 0.258 e. The van der Waals surface area contributed by atoms with Crippen molar-refractivity contribution in [3.8, 4) is 0 Å². The fraction of sp³-hybridized carbons (Fsp3) is 0.211. The van der Waals surface area contributed by atoms with Crippen LogP contribution in [0.15, 0.2) is 58.1 Å². The van der Waals surface area contributed by atoms with Gasteiger partial charge in [0, 0.05) is 23.4 Å². The maximum absolute atomic E-state index is 12.2. The standard InChI is InChI=1S/C19H18BrN5O/c1-2-24(10-14-11-25-9-13(20)7-8-18(25)21-14)12-17-22-16-6-4-3-5-15(16)19(26)23-17/h3-9,11H,2,10,12H2,1H3,(H,22,23,26). The van der Waals surface area contributed by atoms with Gasteiger partial charge < -0.3 is 9.38 Å². The number of nitrogens with zero attached hydrogens (tertiary/aromatic N) is 4. The second-order valence-corrected chi connectivity index (χ2v) is 7.09. The van der Waals surface area contributed by atoms with Gasteiger partial charge in [0.25, 0.3) is 5.56 Å². The van der Waals surface area contributed by atoms with Gasteiger partial charge in [0.05, 0.1) is 23.1 Å². The first-order chi connectivity index (χ1) is 12.6. The Morgan fingerprint density at radius 2 is 1.96 bits per heavy atom. The highest BCUT2D eigenvalue weighted by Gasteiger charge is 2.11. The Bertz CT molecular complexity index is 1130. The first kappa shape index (κ1) is 16.9. The molecule has 26 heavy (non-hydrogen) atoms. The van der Waals surface area contributed by atoms with Crippen molar-refractivity contribution in [2.75, 3.05) is 6.54 Å². The minimum atomic E-state index is -0.0979. The van der Waals surface area contributed by atoms with Crippen molar-refractivity contribution in [2.24, 2.45) is 0 Å². The Balaban J connectivity index is 1.58. The number of fused-ring (bicyclic) bond motifs is 2. The highest BCUT2D eigenvalue weighted by Crippen LogP contribution is 2.14. The molecule has 4 rings (SSSR count). The van der Waals surface area contributed by atoms with Gasteiger partial charge in [-0.05, 0) is 46.7 Å². The molecule has 0 bridgehead atoms. The lowest BCUT2D eigenvalue weighted by molar-refractivity contribution is 0.262. The molecule has 4 aromatic rings. The molecule has 1 aromatic carbocycles. The van der Waals surface area contributed by atoms with Crippen molar-refractivity contribution in [3.63, 3.8) is 0 Å². The van der Waals surface area contributed by atoms with Gasteiger partial charge in [0.1, 0.15) is 11.5 Å². The molecule has 3 heterocycles. The molecule has 0 saturated carbocycles. The lowest BCUT2D eigenvalue weighted by Crippen LogP contribution is -2.25. The van der Waals surface area contributed by atoms with Crippen LogP contribution in [0.5, 0.6) is 0 Å². The number of aromatic nitrogens is 4. The van der Waals surface area contributed by atoms with Crippen LogP contribution in [0.25, 0.3) is 16.6 Å². The van der Waals surface area contributed by atoms with Gasteiger partial charge in [-0.1, -0.05) is 19.1 Å². The van der Waals surface area contributed by atoms with Gasteiger partial charge in [0.2, 0.25) is 0 Å². The average molecular weight is 412 g/mol. The molecule has 7 heteroatoms. The highest BCUT2D eigenvalue weighted by atomic mass is 79.9. The van der Waals surface area contributed by atoms with Crippen LogP contribution in [0.4, 0.5) is 0 Å². The van der Waals surface area contributed by atoms with Crippen LogP contribution in [0.1, 0.15) is 18.4 Å². The van der Waals surface area contributed by atoms with Crippen molar-refractivity contribution < 1.29 is 0 Å². The van der Waals surface area contributed by atoms with Crippen molar-refractivity contribution in [2.45, 2.75) is 20.0 Å². The fourth-order valence-electron chi connectivity index (χ4n) is 3.02. The third kappa shape index (κ3) is 3.40. The summed E-state index contributed by atoms with van der Waals surface area (Å²) in [6.45, 7) is 4.17. The third-order valence-corrected chi connectivity index (χ3v) is 4.80. The predicted octanol–water partition coefficient (Wildman–Crippen LogP) is 3.36. The smallest absolute Gasteiger partial charge is 0.258 e. The zero-order valence-electron chi connectivity index (χ0n) is 14.3. The number of pyridine rings is 1. The zero-order chi connectivity index (χ0) is 18.1. The van der Waals surface area contributed by atoms with Crippen LogP contribution >= 0.6 is 15.9 Å². The van der Waals surface area contributed by atoms with Gasteiger partial charge in [0.15, 0.2) is 0 Å². The van der Waals surface area contributed by atoms with E-state index in [-0.39, 0.29) is 5.56 Å². The Kier molecular flexibility index (Phi) is 4.57. The summed E-state index contributed by atoms with van der Waals surface area (Å²) in [6.07, 6.45) is 4.02. The zero-order valence-corrected chi connectivity index (χ0v) is 15.9. The number of imidazole rings is 1. The summed E-state index contributed by atoms with van der Waals surface area (Å²) < 4.78 is 3.02. The molecule has 0 spiro atoms. The third-order valence-electron chi connectivity index (χ3n) is 4.33. The lowest BCUT2D eigenvalue weighted by Gasteiger charge is -2.18. The summed E-state index contributed by atoms with van der Waals surface area (Å²) in [5.41, 5.74) is 2.52. The number of benzene rings is 1. The molecule has 0 aliphatic heterocycles. The van der Waals surface area contributed by atoms with Crippen molar-refractivity contribution in [1.82, 2.24) is 24.3 Å². The summed E-state index contributed by atoms with van der Waals surface area (Å²) in [6, 6.07) is 11.4. The number of hydrogen-bond donors (Lipinski definition) is 1. The molecule has 0 aliphatic rings. The van der Waals surface area contributed by atoms with Gasteiger partial charge in [-0.3, -0.25) is 9.69 Å². The molecular formula is C19H18BrN5O. The Hall–Kier alpha value is -2.51. The summed E-state index contributed by atoms with van der Waals surface area (Å²) >= 11 is 3.48. The second-order valence-electron chi connectivity index (χ2n) is 6.18. The average Bonchev–Trinajstić information content (AvgIpc) is 3.02. The topological polar surface area (TPSA) is 66.3 Å². The van der Waals surface area contributed by atoms with E-state index in [1.807, 2.05) is 47.1 Å². The molecule has 0 radical (unpaired) electrons.